The highest BCUT2D eigenvalue weighted by Gasteiger charge is 2.47. The number of Topliss-reactive ketones (excluding diaryl/α,β-unsaturated/α-hetero) is 1. The van der Waals surface area contributed by atoms with E-state index in [1.807, 2.05) is 31.2 Å². The zero-order chi connectivity index (χ0) is 20.5. The Morgan fingerprint density at radius 1 is 1.03 bits per heavy atom. The first-order valence-electron chi connectivity index (χ1n) is 9.01. The van der Waals surface area contributed by atoms with Gasteiger partial charge in [-0.1, -0.05) is 47.5 Å². The van der Waals surface area contributed by atoms with Crippen molar-refractivity contribution in [2.75, 3.05) is 4.90 Å². The van der Waals surface area contributed by atoms with Crippen LogP contribution in [0.15, 0.2) is 78.6 Å². The molecule has 144 valence electrons. The van der Waals surface area contributed by atoms with Gasteiger partial charge in [0.2, 0.25) is 0 Å². The van der Waals surface area contributed by atoms with E-state index in [-0.39, 0.29) is 11.3 Å². The molecule has 5 nitrogen and oxygen atoms in total. The highest BCUT2D eigenvalue weighted by Crippen LogP contribution is 2.42. The number of rotatable bonds is 3. The molecule has 0 radical (unpaired) electrons. The third-order valence-corrected chi connectivity index (χ3v) is 5.08. The summed E-state index contributed by atoms with van der Waals surface area (Å²) in [6.45, 7) is 1.93. The van der Waals surface area contributed by atoms with Crippen LogP contribution >= 0.6 is 11.6 Å². The minimum Gasteiger partial charge on any atom is -0.507 e. The van der Waals surface area contributed by atoms with Crippen molar-refractivity contribution < 1.29 is 14.7 Å². The lowest BCUT2D eigenvalue weighted by atomic mass is 9.94. The average Bonchev–Trinajstić information content (AvgIpc) is 2.99. The number of amides is 1. The average molecular weight is 405 g/mol. The number of carbonyl (C=O) groups is 2. The number of nitrogens with zero attached hydrogens (tertiary/aromatic N) is 2. The van der Waals surface area contributed by atoms with Crippen LogP contribution in [0.4, 0.5) is 5.69 Å². The number of aliphatic hydroxyl groups excluding tert-OH is 1. The van der Waals surface area contributed by atoms with Gasteiger partial charge in [0.15, 0.2) is 0 Å². The lowest BCUT2D eigenvalue weighted by Crippen LogP contribution is -2.29. The molecular weight excluding hydrogens is 388 g/mol. The standard InChI is InChI=1S/C23H17ClN2O3/c1-14-4-2-5-16(12-14)20-19(21(27)15-8-10-25-11-9-15)22(28)23(29)26(20)18-7-3-6-17(24)13-18/h2-13,20,27H,1H3/b21-19+. The lowest BCUT2D eigenvalue weighted by molar-refractivity contribution is -0.132. The minimum atomic E-state index is -0.776. The summed E-state index contributed by atoms with van der Waals surface area (Å²) < 4.78 is 0. The summed E-state index contributed by atoms with van der Waals surface area (Å²) in [6, 6.07) is 16.7. The zero-order valence-electron chi connectivity index (χ0n) is 15.5. The molecule has 0 spiro atoms. The number of halogens is 1. The normalized spacial score (nSPS) is 18.3. The molecule has 1 amide bonds. The Balaban J connectivity index is 1.97. The van der Waals surface area contributed by atoms with Crippen LogP contribution in [0.1, 0.15) is 22.7 Å². The van der Waals surface area contributed by atoms with E-state index in [0.29, 0.717) is 16.3 Å². The third kappa shape index (κ3) is 3.41. The molecule has 1 fully saturated rings. The van der Waals surface area contributed by atoms with Crippen LogP contribution in [0.3, 0.4) is 0 Å². The molecule has 6 heteroatoms. The Labute approximate surface area is 172 Å². The summed E-state index contributed by atoms with van der Waals surface area (Å²) in [5.74, 6) is -1.69. The largest absolute Gasteiger partial charge is 0.507 e. The van der Waals surface area contributed by atoms with Gasteiger partial charge in [-0.3, -0.25) is 19.5 Å². The number of hydrogen-bond acceptors (Lipinski definition) is 4. The molecule has 3 aromatic rings. The minimum absolute atomic E-state index is 0.0341. The molecule has 2 heterocycles. The van der Waals surface area contributed by atoms with Crippen LogP contribution in [0.25, 0.3) is 5.76 Å². The van der Waals surface area contributed by atoms with Gasteiger partial charge in [0.05, 0.1) is 11.6 Å². The predicted molar refractivity (Wildman–Crippen MR) is 112 cm³/mol. The monoisotopic (exact) mass is 404 g/mol. The van der Waals surface area contributed by atoms with Gasteiger partial charge in [-0.15, -0.1) is 0 Å². The number of carbonyl (C=O) groups excluding carboxylic acids is 2. The quantitative estimate of drug-likeness (QED) is 0.391. The Morgan fingerprint density at radius 2 is 1.76 bits per heavy atom. The summed E-state index contributed by atoms with van der Waals surface area (Å²) in [6.07, 6.45) is 3.04. The van der Waals surface area contributed by atoms with E-state index >= 15 is 0 Å². The number of anilines is 1. The maximum atomic E-state index is 13.0. The number of aromatic nitrogens is 1. The lowest BCUT2D eigenvalue weighted by Gasteiger charge is -2.25. The molecule has 0 saturated carbocycles. The molecule has 1 N–H and O–H groups in total. The van der Waals surface area contributed by atoms with Crippen molar-refractivity contribution >= 4 is 34.7 Å². The summed E-state index contributed by atoms with van der Waals surface area (Å²) >= 11 is 6.13. The van der Waals surface area contributed by atoms with Gasteiger partial charge < -0.3 is 5.11 Å². The molecule has 29 heavy (non-hydrogen) atoms. The first kappa shape index (κ1) is 18.9. The van der Waals surface area contributed by atoms with Crippen molar-refractivity contribution in [1.82, 2.24) is 4.98 Å². The van der Waals surface area contributed by atoms with E-state index in [1.54, 1.807) is 36.4 Å². The van der Waals surface area contributed by atoms with Crippen molar-refractivity contribution in [1.29, 1.82) is 0 Å². The number of aliphatic hydroxyl groups is 1. The van der Waals surface area contributed by atoms with E-state index < -0.39 is 17.7 Å². The molecule has 1 atom stereocenters. The van der Waals surface area contributed by atoms with E-state index in [4.69, 9.17) is 11.6 Å². The predicted octanol–water partition coefficient (Wildman–Crippen LogP) is 4.67. The molecule has 0 aliphatic carbocycles. The van der Waals surface area contributed by atoms with E-state index in [9.17, 15) is 14.7 Å². The first-order chi connectivity index (χ1) is 14.0. The molecule has 1 unspecified atom stereocenters. The SMILES string of the molecule is Cc1cccc(C2/C(=C(\O)c3ccncc3)C(=O)C(=O)N2c2cccc(Cl)c2)c1. The van der Waals surface area contributed by atoms with Crippen molar-refractivity contribution in [3.05, 3.63) is 100 Å². The summed E-state index contributed by atoms with van der Waals surface area (Å²) in [5.41, 5.74) is 2.64. The van der Waals surface area contributed by atoms with Gasteiger partial charge >= 0.3 is 0 Å². The molecule has 0 bridgehead atoms. The molecule has 1 aliphatic heterocycles. The highest BCUT2D eigenvalue weighted by molar-refractivity contribution is 6.51. The number of pyridine rings is 1. The maximum Gasteiger partial charge on any atom is 0.300 e. The van der Waals surface area contributed by atoms with Gasteiger partial charge in [0.25, 0.3) is 11.7 Å². The number of benzene rings is 2. The Bertz CT molecular complexity index is 1140. The van der Waals surface area contributed by atoms with Gasteiger partial charge in [-0.05, 0) is 42.8 Å². The Kier molecular flexibility index (Phi) is 4.91. The van der Waals surface area contributed by atoms with Gasteiger partial charge in [-0.2, -0.15) is 0 Å². The molecule has 1 aromatic heterocycles. The fourth-order valence-electron chi connectivity index (χ4n) is 3.55. The van der Waals surface area contributed by atoms with Crippen molar-refractivity contribution in [2.45, 2.75) is 13.0 Å². The van der Waals surface area contributed by atoms with Crippen LogP contribution in [-0.2, 0) is 9.59 Å². The smallest absolute Gasteiger partial charge is 0.300 e. The summed E-state index contributed by atoms with van der Waals surface area (Å²) in [7, 11) is 0. The first-order valence-corrected chi connectivity index (χ1v) is 9.38. The van der Waals surface area contributed by atoms with Gasteiger partial charge in [0.1, 0.15) is 5.76 Å². The fourth-order valence-corrected chi connectivity index (χ4v) is 3.73. The fraction of sp³-hybridized carbons (Fsp3) is 0.0870. The second kappa shape index (κ2) is 7.53. The van der Waals surface area contributed by atoms with Crippen molar-refractivity contribution in [3.8, 4) is 0 Å². The Hall–Kier alpha value is -3.44. The number of ketones is 1. The van der Waals surface area contributed by atoms with Crippen LogP contribution in [-0.4, -0.2) is 21.8 Å². The third-order valence-electron chi connectivity index (χ3n) is 4.84. The van der Waals surface area contributed by atoms with Gasteiger partial charge in [0, 0.05) is 28.7 Å². The van der Waals surface area contributed by atoms with E-state index in [2.05, 4.69) is 4.98 Å². The van der Waals surface area contributed by atoms with Crippen LogP contribution in [0.2, 0.25) is 5.02 Å². The summed E-state index contributed by atoms with van der Waals surface area (Å²) in [4.78, 5) is 31.3. The molecular formula is C23H17ClN2O3. The maximum absolute atomic E-state index is 13.0. The zero-order valence-corrected chi connectivity index (χ0v) is 16.3. The van der Waals surface area contributed by atoms with Crippen LogP contribution in [0.5, 0.6) is 0 Å². The summed E-state index contributed by atoms with van der Waals surface area (Å²) in [5, 5.41) is 11.4. The van der Waals surface area contributed by atoms with E-state index in [1.165, 1.54) is 17.3 Å². The van der Waals surface area contributed by atoms with Crippen LogP contribution in [0, 0.1) is 6.92 Å². The topological polar surface area (TPSA) is 70.5 Å². The van der Waals surface area contributed by atoms with Crippen LogP contribution < -0.4 is 4.90 Å². The second-order valence-corrected chi connectivity index (χ2v) is 7.24. The Morgan fingerprint density at radius 3 is 2.45 bits per heavy atom. The highest BCUT2D eigenvalue weighted by atomic mass is 35.5. The van der Waals surface area contributed by atoms with Crippen molar-refractivity contribution in [3.63, 3.8) is 0 Å². The molecule has 1 saturated heterocycles. The molecule has 2 aromatic carbocycles. The van der Waals surface area contributed by atoms with Gasteiger partial charge in [-0.25, -0.2) is 0 Å². The molecule has 4 rings (SSSR count). The second-order valence-electron chi connectivity index (χ2n) is 6.80. The number of aryl methyl sites for hydroxylation is 1. The van der Waals surface area contributed by atoms with Crippen molar-refractivity contribution in [2.24, 2.45) is 0 Å². The van der Waals surface area contributed by atoms with E-state index in [0.717, 1.165) is 11.1 Å². The number of hydrogen-bond donors (Lipinski definition) is 1. The molecule has 1 aliphatic rings.